The van der Waals surface area contributed by atoms with Crippen LogP contribution in [0.2, 0.25) is 0 Å². The Labute approximate surface area is 141 Å². The highest BCUT2D eigenvalue weighted by Crippen LogP contribution is 2.22. The minimum absolute atomic E-state index is 0.0688. The van der Waals surface area contributed by atoms with Gasteiger partial charge in [0, 0.05) is 17.8 Å². The molecule has 0 spiro atoms. The van der Waals surface area contributed by atoms with Gasteiger partial charge in [-0.25, -0.2) is 0 Å². The topological polar surface area (TPSA) is 58.6 Å². The monoisotopic (exact) mass is 324 g/mol. The molecular weight excluding hydrogens is 304 g/mol. The zero-order chi connectivity index (χ0) is 17.1. The van der Waals surface area contributed by atoms with Gasteiger partial charge < -0.3 is 15.0 Å². The van der Waals surface area contributed by atoms with Crippen molar-refractivity contribution in [3.8, 4) is 5.75 Å². The molecule has 24 heavy (non-hydrogen) atoms. The smallest absolute Gasteiger partial charge is 0.251 e. The van der Waals surface area contributed by atoms with Gasteiger partial charge in [-0.1, -0.05) is 17.7 Å². The van der Waals surface area contributed by atoms with E-state index in [1.54, 1.807) is 36.3 Å². The van der Waals surface area contributed by atoms with Crippen LogP contribution in [0.25, 0.3) is 0 Å². The Balaban J connectivity index is 1.66. The second-order valence-electron chi connectivity index (χ2n) is 5.87. The predicted octanol–water partition coefficient (Wildman–Crippen LogP) is 2.54. The van der Waals surface area contributed by atoms with Crippen LogP contribution in [-0.2, 0) is 4.79 Å². The number of carbonyl (C=O) groups excluding carboxylic acids is 2. The molecule has 1 heterocycles. The van der Waals surface area contributed by atoms with Crippen LogP contribution in [0.15, 0.2) is 48.5 Å². The third-order valence-electron chi connectivity index (χ3n) is 4.21. The van der Waals surface area contributed by atoms with Crippen LogP contribution >= 0.6 is 0 Å². The van der Waals surface area contributed by atoms with Gasteiger partial charge in [0.05, 0.1) is 7.11 Å². The van der Waals surface area contributed by atoms with Gasteiger partial charge in [-0.2, -0.15) is 0 Å². The lowest BCUT2D eigenvalue weighted by molar-refractivity contribution is -0.118. The minimum Gasteiger partial charge on any atom is -0.497 e. The Hall–Kier alpha value is -2.82. The van der Waals surface area contributed by atoms with Crippen molar-refractivity contribution in [2.45, 2.75) is 19.4 Å². The Morgan fingerprint density at radius 1 is 1.12 bits per heavy atom. The average molecular weight is 324 g/mol. The molecule has 5 heteroatoms. The van der Waals surface area contributed by atoms with Crippen LogP contribution in [0, 0.1) is 6.92 Å². The maximum absolute atomic E-state index is 12.5. The van der Waals surface area contributed by atoms with E-state index in [1.807, 2.05) is 31.2 Å². The fourth-order valence-electron chi connectivity index (χ4n) is 2.78. The number of nitrogens with one attached hydrogen (secondary N) is 1. The molecule has 1 saturated heterocycles. The van der Waals surface area contributed by atoms with E-state index in [4.69, 9.17) is 4.74 Å². The van der Waals surface area contributed by atoms with E-state index in [2.05, 4.69) is 5.32 Å². The summed E-state index contributed by atoms with van der Waals surface area (Å²) >= 11 is 0. The van der Waals surface area contributed by atoms with Crippen LogP contribution < -0.4 is 15.0 Å². The highest BCUT2D eigenvalue weighted by molar-refractivity contribution is 6.03. The molecule has 0 radical (unpaired) electrons. The van der Waals surface area contributed by atoms with E-state index in [0.29, 0.717) is 24.3 Å². The molecule has 1 atom stereocenters. The number of anilines is 1. The zero-order valence-corrected chi connectivity index (χ0v) is 13.8. The van der Waals surface area contributed by atoms with Crippen molar-refractivity contribution in [3.05, 3.63) is 59.7 Å². The Morgan fingerprint density at radius 3 is 2.42 bits per heavy atom. The molecule has 0 aliphatic carbocycles. The standard InChI is InChI=1S/C19H20N2O3/c1-13-3-7-15(8-4-13)21-12-11-17(19(21)23)20-18(22)14-5-9-16(24-2)10-6-14/h3-10,17H,11-12H2,1-2H3,(H,20,22)/t17-/m0/s1. The number of amides is 2. The van der Waals surface area contributed by atoms with Gasteiger partial charge in [-0.05, 0) is 49.7 Å². The molecule has 5 nitrogen and oxygen atoms in total. The molecule has 2 amide bonds. The van der Waals surface area contributed by atoms with E-state index in [0.717, 1.165) is 11.3 Å². The van der Waals surface area contributed by atoms with Crippen molar-refractivity contribution in [3.63, 3.8) is 0 Å². The van der Waals surface area contributed by atoms with Crippen molar-refractivity contribution in [1.29, 1.82) is 0 Å². The van der Waals surface area contributed by atoms with Gasteiger partial charge in [0.1, 0.15) is 11.8 Å². The lowest BCUT2D eigenvalue weighted by Crippen LogP contribution is -2.41. The van der Waals surface area contributed by atoms with Gasteiger partial charge in [-0.15, -0.1) is 0 Å². The third-order valence-corrected chi connectivity index (χ3v) is 4.21. The quantitative estimate of drug-likeness (QED) is 0.940. The number of rotatable bonds is 4. The summed E-state index contributed by atoms with van der Waals surface area (Å²) in [4.78, 5) is 26.6. The summed E-state index contributed by atoms with van der Waals surface area (Å²) in [5, 5.41) is 2.82. The number of benzene rings is 2. The Kier molecular flexibility index (Phi) is 4.51. The van der Waals surface area contributed by atoms with Gasteiger partial charge in [0.25, 0.3) is 5.91 Å². The van der Waals surface area contributed by atoms with E-state index in [-0.39, 0.29) is 11.8 Å². The first kappa shape index (κ1) is 16.1. The average Bonchev–Trinajstić information content (AvgIpc) is 2.96. The first-order chi connectivity index (χ1) is 11.6. The molecule has 0 bridgehead atoms. The van der Waals surface area contributed by atoms with Gasteiger partial charge in [0.2, 0.25) is 5.91 Å². The van der Waals surface area contributed by atoms with Crippen LogP contribution in [0.5, 0.6) is 5.75 Å². The van der Waals surface area contributed by atoms with Crippen LogP contribution in [0.4, 0.5) is 5.69 Å². The highest BCUT2D eigenvalue weighted by atomic mass is 16.5. The molecule has 0 aromatic heterocycles. The molecule has 0 saturated carbocycles. The molecule has 1 N–H and O–H groups in total. The van der Waals surface area contributed by atoms with Crippen molar-refractivity contribution in [2.75, 3.05) is 18.6 Å². The molecule has 3 rings (SSSR count). The summed E-state index contributed by atoms with van der Waals surface area (Å²) in [6, 6.07) is 14.2. The summed E-state index contributed by atoms with van der Waals surface area (Å²) in [7, 11) is 1.58. The maximum Gasteiger partial charge on any atom is 0.251 e. The highest BCUT2D eigenvalue weighted by Gasteiger charge is 2.33. The predicted molar refractivity (Wildman–Crippen MR) is 92.4 cm³/mol. The van der Waals surface area contributed by atoms with Crippen LogP contribution in [-0.4, -0.2) is 31.5 Å². The number of aryl methyl sites for hydroxylation is 1. The lowest BCUT2D eigenvalue weighted by Gasteiger charge is -2.17. The summed E-state index contributed by atoms with van der Waals surface area (Å²) < 4.78 is 5.08. The van der Waals surface area contributed by atoms with E-state index < -0.39 is 6.04 Å². The first-order valence-corrected chi connectivity index (χ1v) is 7.91. The second-order valence-corrected chi connectivity index (χ2v) is 5.87. The zero-order valence-electron chi connectivity index (χ0n) is 13.8. The SMILES string of the molecule is COc1ccc(C(=O)N[C@H]2CCN(c3ccc(C)cc3)C2=O)cc1. The minimum atomic E-state index is -0.485. The van der Waals surface area contributed by atoms with Crippen LogP contribution in [0.1, 0.15) is 22.3 Å². The van der Waals surface area contributed by atoms with Gasteiger partial charge in [0.15, 0.2) is 0 Å². The molecule has 2 aromatic carbocycles. The van der Waals surface area contributed by atoms with Crippen molar-refractivity contribution in [1.82, 2.24) is 5.32 Å². The third kappa shape index (κ3) is 3.25. The summed E-state index contributed by atoms with van der Waals surface area (Å²) in [6.45, 7) is 2.61. The summed E-state index contributed by atoms with van der Waals surface area (Å²) in [6.07, 6.45) is 0.606. The fraction of sp³-hybridized carbons (Fsp3) is 0.263. The Bertz CT molecular complexity index is 738. The number of nitrogens with zero attached hydrogens (tertiary/aromatic N) is 1. The fourth-order valence-corrected chi connectivity index (χ4v) is 2.78. The molecule has 2 aromatic rings. The first-order valence-electron chi connectivity index (χ1n) is 7.91. The maximum atomic E-state index is 12.5. The second kappa shape index (κ2) is 6.74. The summed E-state index contributed by atoms with van der Waals surface area (Å²) in [5.74, 6) is 0.372. The molecule has 1 aliphatic rings. The number of ether oxygens (including phenoxy) is 1. The van der Waals surface area contributed by atoms with Crippen molar-refractivity contribution >= 4 is 17.5 Å². The van der Waals surface area contributed by atoms with E-state index in [1.165, 1.54) is 0 Å². The van der Waals surface area contributed by atoms with E-state index in [9.17, 15) is 9.59 Å². The molecule has 0 unspecified atom stereocenters. The number of hydrogen-bond donors (Lipinski definition) is 1. The molecule has 1 aliphatic heterocycles. The molecule has 1 fully saturated rings. The van der Waals surface area contributed by atoms with Gasteiger partial charge >= 0.3 is 0 Å². The van der Waals surface area contributed by atoms with E-state index >= 15 is 0 Å². The van der Waals surface area contributed by atoms with Crippen LogP contribution in [0.3, 0.4) is 0 Å². The lowest BCUT2D eigenvalue weighted by atomic mass is 10.1. The van der Waals surface area contributed by atoms with Gasteiger partial charge in [-0.3, -0.25) is 9.59 Å². The largest absolute Gasteiger partial charge is 0.497 e. The molecule has 124 valence electrons. The normalized spacial score (nSPS) is 17.0. The Morgan fingerprint density at radius 2 is 1.79 bits per heavy atom. The molecular formula is C19H20N2O3. The van der Waals surface area contributed by atoms with Crippen molar-refractivity contribution in [2.24, 2.45) is 0 Å². The number of methoxy groups -OCH3 is 1. The number of hydrogen-bond acceptors (Lipinski definition) is 3. The van der Waals surface area contributed by atoms with Crippen molar-refractivity contribution < 1.29 is 14.3 Å². The number of carbonyl (C=O) groups is 2. The summed E-state index contributed by atoms with van der Waals surface area (Å²) in [5.41, 5.74) is 2.53.